The predicted molar refractivity (Wildman–Crippen MR) is 79.1 cm³/mol. The smallest absolute Gasteiger partial charge is 0.131 e. The molecule has 1 heterocycles. The van der Waals surface area contributed by atoms with Gasteiger partial charge in [-0.25, -0.2) is 4.39 Å². The van der Waals surface area contributed by atoms with Crippen molar-refractivity contribution in [1.82, 2.24) is 9.78 Å². The number of nitrogens with zero attached hydrogens (tertiary/aromatic N) is 2. The molecule has 0 unspecified atom stereocenters. The van der Waals surface area contributed by atoms with Crippen LogP contribution < -0.4 is 10.5 Å². The lowest BCUT2D eigenvalue weighted by atomic mass is 10.1. The lowest BCUT2D eigenvalue weighted by Crippen LogP contribution is -2.08. The zero-order chi connectivity index (χ0) is 14.7. The molecule has 6 heteroatoms. The summed E-state index contributed by atoms with van der Waals surface area (Å²) in [5, 5.41) is 4.31. The molecular weight excluding hydrogens is 325 g/mol. The molecule has 0 aliphatic heterocycles. The molecule has 0 saturated carbocycles. The number of hydrogen-bond acceptors (Lipinski definition) is 3. The van der Waals surface area contributed by atoms with Crippen molar-refractivity contribution >= 4 is 15.9 Å². The fourth-order valence-corrected chi connectivity index (χ4v) is 2.47. The minimum absolute atomic E-state index is 0.279. The lowest BCUT2D eigenvalue weighted by Gasteiger charge is -2.11. The summed E-state index contributed by atoms with van der Waals surface area (Å²) < 4.78 is 21.7. The summed E-state index contributed by atoms with van der Waals surface area (Å²) in [7, 11) is 1.86. The van der Waals surface area contributed by atoms with Crippen LogP contribution in [0.1, 0.15) is 17.0 Å². The molecule has 0 aliphatic carbocycles. The van der Waals surface area contributed by atoms with E-state index in [0.29, 0.717) is 25.3 Å². The Morgan fingerprint density at radius 2 is 2.20 bits per heavy atom. The van der Waals surface area contributed by atoms with Gasteiger partial charge >= 0.3 is 0 Å². The van der Waals surface area contributed by atoms with E-state index in [4.69, 9.17) is 10.5 Å². The summed E-state index contributed by atoms with van der Waals surface area (Å²) in [6.45, 7) is 2.74. The van der Waals surface area contributed by atoms with Crippen molar-refractivity contribution in [2.75, 3.05) is 6.54 Å². The fraction of sp³-hybridized carbons (Fsp3) is 0.357. The summed E-state index contributed by atoms with van der Waals surface area (Å²) >= 11 is 3.49. The van der Waals surface area contributed by atoms with Gasteiger partial charge in [0.1, 0.15) is 18.2 Å². The summed E-state index contributed by atoms with van der Waals surface area (Å²) in [6.07, 6.45) is 0.582. The molecule has 2 N–H and O–H groups in total. The van der Waals surface area contributed by atoms with E-state index in [1.165, 1.54) is 12.1 Å². The SMILES string of the molecule is Cc1nn(C)c(COc2ccc(F)cc2CCN)c1Br. The molecule has 1 aromatic carbocycles. The van der Waals surface area contributed by atoms with E-state index < -0.39 is 0 Å². The maximum Gasteiger partial charge on any atom is 0.131 e. The standard InChI is InChI=1S/C14H17BrFN3O/c1-9-14(15)12(19(2)18-9)8-20-13-4-3-11(16)7-10(13)5-6-17/h3-4,7H,5-6,8,17H2,1-2H3. The number of ether oxygens (including phenoxy) is 1. The molecule has 0 amide bonds. The van der Waals surface area contributed by atoms with Crippen LogP contribution in [-0.4, -0.2) is 16.3 Å². The van der Waals surface area contributed by atoms with Gasteiger partial charge in [-0.1, -0.05) is 0 Å². The highest BCUT2D eigenvalue weighted by Crippen LogP contribution is 2.24. The van der Waals surface area contributed by atoms with Gasteiger partial charge < -0.3 is 10.5 Å². The van der Waals surface area contributed by atoms with Crippen LogP contribution >= 0.6 is 15.9 Å². The van der Waals surface area contributed by atoms with Crippen molar-refractivity contribution in [3.05, 3.63) is 45.4 Å². The number of aryl methyl sites for hydroxylation is 2. The summed E-state index contributed by atoms with van der Waals surface area (Å²) in [5.41, 5.74) is 8.16. The van der Waals surface area contributed by atoms with Gasteiger partial charge in [0.25, 0.3) is 0 Å². The molecule has 0 bridgehead atoms. The molecule has 0 radical (unpaired) electrons. The van der Waals surface area contributed by atoms with Gasteiger partial charge in [0.05, 0.1) is 15.9 Å². The van der Waals surface area contributed by atoms with Crippen molar-refractivity contribution in [1.29, 1.82) is 0 Å². The zero-order valence-corrected chi connectivity index (χ0v) is 13.1. The maximum absolute atomic E-state index is 13.2. The van der Waals surface area contributed by atoms with Gasteiger partial charge in [-0.15, -0.1) is 0 Å². The Balaban J connectivity index is 2.18. The second-order valence-electron chi connectivity index (χ2n) is 4.55. The zero-order valence-electron chi connectivity index (χ0n) is 11.5. The minimum Gasteiger partial charge on any atom is -0.487 e. The average molecular weight is 342 g/mol. The van der Waals surface area contributed by atoms with Crippen LogP contribution in [0.15, 0.2) is 22.7 Å². The maximum atomic E-state index is 13.2. The molecule has 2 aromatic rings. The van der Waals surface area contributed by atoms with Crippen LogP contribution in [0.25, 0.3) is 0 Å². The third-order valence-electron chi connectivity index (χ3n) is 3.06. The Morgan fingerprint density at radius 3 is 2.80 bits per heavy atom. The van der Waals surface area contributed by atoms with E-state index in [1.54, 1.807) is 10.7 Å². The minimum atomic E-state index is -0.279. The molecule has 0 atom stereocenters. The van der Waals surface area contributed by atoms with E-state index in [9.17, 15) is 4.39 Å². The van der Waals surface area contributed by atoms with Crippen LogP contribution in [0.3, 0.4) is 0 Å². The Bertz CT molecular complexity index is 613. The third-order valence-corrected chi connectivity index (χ3v) is 4.09. The highest BCUT2D eigenvalue weighted by molar-refractivity contribution is 9.10. The van der Waals surface area contributed by atoms with Crippen LogP contribution in [-0.2, 0) is 20.1 Å². The monoisotopic (exact) mass is 341 g/mol. The first-order valence-electron chi connectivity index (χ1n) is 6.32. The van der Waals surface area contributed by atoms with E-state index in [1.807, 2.05) is 14.0 Å². The summed E-state index contributed by atoms with van der Waals surface area (Å²) in [4.78, 5) is 0. The lowest BCUT2D eigenvalue weighted by molar-refractivity contribution is 0.290. The van der Waals surface area contributed by atoms with Crippen molar-refractivity contribution in [2.45, 2.75) is 20.0 Å². The van der Waals surface area contributed by atoms with Gasteiger partial charge in [-0.3, -0.25) is 4.68 Å². The van der Waals surface area contributed by atoms with Crippen molar-refractivity contribution < 1.29 is 9.13 Å². The van der Waals surface area contributed by atoms with E-state index >= 15 is 0 Å². The topological polar surface area (TPSA) is 53.1 Å². The van der Waals surface area contributed by atoms with Crippen molar-refractivity contribution in [2.24, 2.45) is 12.8 Å². The summed E-state index contributed by atoms with van der Waals surface area (Å²) in [5.74, 6) is 0.376. The molecule has 0 saturated heterocycles. The number of benzene rings is 1. The first kappa shape index (κ1) is 15.0. The Hall–Kier alpha value is -1.40. The van der Waals surface area contributed by atoms with Crippen LogP contribution in [0, 0.1) is 12.7 Å². The predicted octanol–water partition coefficient (Wildman–Crippen LogP) is 2.71. The molecule has 20 heavy (non-hydrogen) atoms. The Labute approximate surface area is 125 Å². The molecular formula is C14H17BrFN3O. The molecule has 0 fully saturated rings. The molecule has 108 valence electrons. The van der Waals surface area contributed by atoms with E-state index in [2.05, 4.69) is 21.0 Å². The third kappa shape index (κ3) is 3.19. The number of aromatic nitrogens is 2. The largest absolute Gasteiger partial charge is 0.487 e. The molecule has 0 spiro atoms. The number of hydrogen-bond donors (Lipinski definition) is 1. The van der Waals surface area contributed by atoms with Crippen LogP contribution in [0.4, 0.5) is 4.39 Å². The van der Waals surface area contributed by atoms with E-state index in [0.717, 1.165) is 21.4 Å². The first-order chi connectivity index (χ1) is 9.52. The van der Waals surface area contributed by atoms with Gasteiger partial charge in [-0.05, 0) is 59.6 Å². The van der Waals surface area contributed by atoms with Gasteiger partial charge in [0.2, 0.25) is 0 Å². The quantitative estimate of drug-likeness (QED) is 0.909. The normalized spacial score (nSPS) is 10.8. The van der Waals surface area contributed by atoms with Gasteiger partial charge in [-0.2, -0.15) is 5.10 Å². The molecule has 0 aliphatic rings. The average Bonchev–Trinajstić information content (AvgIpc) is 2.64. The Kier molecular flexibility index (Phi) is 4.77. The second-order valence-corrected chi connectivity index (χ2v) is 5.34. The number of halogens is 2. The van der Waals surface area contributed by atoms with Crippen molar-refractivity contribution in [3.8, 4) is 5.75 Å². The number of nitrogens with two attached hydrogens (primary N) is 1. The van der Waals surface area contributed by atoms with Gasteiger partial charge in [0.15, 0.2) is 0 Å². The highest BCUT2D eigenvalue weighted by atomic mass is 79.9. The Morgan fingerprint density at radius 1 is 1.45 bits per heavy atom. The molecule has 1 aromatic heterocycles. The second kappa shape index (κ2) is 6.37. The van der Waals surface area contributed by atoms with Crippen molar-refractivity contribution in [3.63, 3.8) is 0 Å². The molecule has 4 nitrogen and oxygen atoms in total. The highest BCUT2D eigenvalue weighted by Gasteiger charge is 2.12. The fourth-order valence-electron chi connectivity index (χ4n) is 2.02. The van der Waals surface area contributed by atoms with Crippen LogP contribution in [0.5, 0.6) is 5.75 Å². The van der Waals surface area contributed by atoms with E-state index in [-0.39, 0.29) is 5.82 Å². The van der Waals surface area contributed by atoms with Crippen LogP contribution in [0.2, 0.25) is 0 Å². The summed E-state index contributed by atoms with van der Waals surface area (Å²) in [6, 6.07) is 4.49. The molecule has 2 rings (SSSR count). The first-order valence-corrected chi connectivity index (χ1v) is 7.11. The van der Waals surface area contributed by atoms with Gasteiger partial charge in [0, 0.05) is 7.05 Å². The number of rotatable bonds is 5.